The molecule has 0 aliphatic carbocycles. The van der Waals surface area contributed by atoms with Crippen LogP contribution in [-0.2, 0) is 22.8 Å². The van der Waals surface area contributed by atoms with Crippen molar-refractivity contribution >= 4 is 26.5 Å². The van der Waals surface area contributed by atoms with Crippen LogP contribution in [0.3, 0.4) is 0 Å². The number of ketones is 1. The Morgan fingerprint density at radius 2 is 1.88 bits per heavy atom. The van der Waals surface area contributed by atoms with Crippen LogP contribution in [0.4, 0.5) is 4.39 Å². The van der Waals surface area contributed by atoms with Gasteiger partial charge in [-0.15, -0.1) is 0 Å². The quantitative estimate of drug-likeness (QED) is 0.712. The number of hydrogen-bond donors (Lipinski definition) is 1. The fourth-order valence-electron chi connectivity index (χ4n) is 3.53. The van der Waals surface area contributed by atoms with Crippen LogP contribution in [0.25, 0.3) is 10.9 Å². The maximum Gasteiger partial charge on any atom is 0.188 e. The Morgan fingerprint density at radius 1 is 1.15 bits per heavy atom. The van der Waals surface area contributed by atoms with E-state index in [4.69, 9.17) is 5.11 Å². The average molecular weight is 373 g/mol. The summed E-state index contributed by atoms with van der Waals surface area (Å²) in [5.41, 5.74) is 2.67. The van der Waals surface area contributed by atoms with Gasteiger partial charge < -0.3 is 9.67 Å². The number of Topliss-reactive ketones (excluding diaryl/α,β-unsaturated/α-hetero) is 1. The summed E-state index contributed by atoms with van der Waals surface area (Å²) >= 11 is 0. The predicted molar refractivity (Wildman–Crippen MR) is 94.6 cm³/mol. The third kappa shape index (κ3) is 2.64. The van der Waals surface area contributed by atoms with Gasteiger partial charge >= 0.3 is 0 Å². The number of sulfone groups is 1. The monoisotopic (exact) mass is 373 g/mol. The molecule has 5 nitrogen and oxygen atoms in total. The van der Waals surface area contributed by atoms with Gasteiger partial charge in [0.2, 0.25) is 0 Å². The first kappa shape index (κ1) is 16.9. The molecule has 0 amide bonds. The van der Waals surface area contributed by atoms with Gasteiger partial charge in [0.1, 0.15) is 12.4 Å². The lowest BCUT2D eigenvalue weighted by molar-refractivity contribution is 0.0903. The molecule has 1 aliphatic heterocycles. The van der Waals surface area contributed by atoms with Crippen molar-refractivity contribution in [3.8, 4) is 0 Å². The smallest absolute Gasteiger partial charge is 0.188 e. The lowest BCUT2D eigenvalue weighted by Crippen LogP contribution is -2.06. The van der Waals surface area contributed by atoms with Crippen molar-refractivity contribution in [1.29, 1.82) is 0 Å². The molecule has 2 aromatic carbocycles. The summed E-state index contributed by atoms with van der Waals surface area (Å²) in [6.45, 7) is -0.126. The lowest BCUT2D eigenvalue weighted by Gasteiger charge is -2.10. The van der Waals surface area contributed by atoms with E-state index in [9.17, 15) is 17.6 Å². The highest BCUT2D eigenvalue weighted by Gasteiger charge is 2.33. The Hall–Kier alpha value is -2.51. The van der Waals surface area contributed by atoms with E-state index in [2.05, 4.69) is 0 Å². The molecule has 1 aliphatic rings. The molecule has 0 spiro atoms. The van der Waals surface area contributed by atoms with Crippen LogP contribution >= 0.6 is 0 Å². The number of aliphatic hydroxyl groups is 1. The molecule has 26 heavy (non-hydrogen) atoms. The van der Waals surface area contributed by atoms with Crippen LogP contribution in [0.15, 0.2) is 47.4 Å². The minimum Gasteiger partial charge on any atom is -0.388 e. The van der Waals surface area contributed by atoms with E-state index in [-0.39, 0.29) is 16.4 Å². The first-order chi connectivity index (χ1) is 12.4. The van der Waals surface area contributed by atoms with Crippen LogP contribution in [0.5, 0.6) is 0 Å². The summed E-state index contributed by atoms with van der Waals surface area (Å²) in [4.78, 5) is 11.8. The average Bonchev–Trinajstić information content (AvgIpc) is 3.10. The normalized spacial score (nSPS) is 15.3. The number of carbonyl (C=O) groups excluding carboxylic acids is 1. The van der Waals surface area contributed by atoms with Gasteiger partial charge in [-0.3, -0.25) is 4.79 Å². The molecule has 2 heterocycles. The highest BCUT2D eigenvalue weighted by Crippen LogP contribution is 2.37. The second-order valence-electron chi connectivity index (χ2n) is 6.37. The van der Waals surface area contributed by atoms with Crippen molar-refractivity contribution in [1.82, 2.24) is 4.57 Å². The van der Waals surface area contributed by atoms with Crippen molar-refractivity contribution in [2.24, 2.45) is 0 Å². The maximum absolute atomic E-state index is 13.7. The number of benzene rings is 2. The van der Waals surface area contributed by atoms with Crippen molar-refractivity contribution in [3.05, 3.63) is 65.1 Å². The summed E-state index contributed by atoms with van der Waals surface area (Å²) in [7, 11) is -3.40. The van der Waals surface area contributed by atoms with E-state index < -0.39 is 22.3 Å². The minimum atomic E-state index is -3.40. The number of rotatable bonds is 4. The zero-order chi connectivity index (χ0) is 18.5. The molecule has 7 heteroatoms. The van der Waals surface area contributed by atoms with Crippen molar-refractivity contribution in [2.75, 3.05) is 12.4 Å². The van der Waals surface area contributed by atoms with E-state index in [0.29, 0.717) is 35.1 Å². The van der Waals surface area contributed by atoms with Gasteiger partial charge in [0.15, 0.2) is 15.6 Å². The van der Waals surface area contributed by atoms with Gasteiger partial charge in [0.05, 0.1) is 16.2 Å². The van der Waals surface area contributed by atoms with E-state index in [0.717, 1.165) is 5.56 Å². The zero-order valence-corrected chi connectivity index (χ0v) is 14.6. The summed E-state index contributed by atoms with van der Waals surface area (Å²) in [5, 5.41) is 9.34. The van der Waals surface area contributed by atoms with Crippen LogP contribution in [0.1, 0.15) is 21.6 Å². The van der Waals surface area contributed by atoms with E-state index >= 15 is 0 Å². The first-order valence-electron chi connectivity index (χ1n) is 8.17. The van der Waals surface area contributed by atoms with Gasteiger partial charge in [-0.25, -0.2) is 12.8 Å². The molecule has 0 radical (unpaired) electrons. The number of fused-ring (bicyclic) bond motifs is 3. The van der Waals surface area contributed by atoms with Crippen LogP contribution < -0.4 is 0 Å². The fraction of sp³-hybridized carbons (Fsp3) is 0.211. The van der Waals surface area contributed by atoms with Crippen molar-refractivity contribution in [2.45, 2.75) is 17.9 Å². The van der Waals surface area contributed by atoms with E-state index in [1.165, 1.54) is 12.1 Å². The summed E-state index contributed by atoms with van der Waals surface area (Å²) < 4.78 is 40.4. The van der Waals surface area contributed by atoms with Crippen LogP contribution in [0.2, 0.25) is 0 Å². The predicted octanol–water partition coefficient (Wildman–Crippen LogP) is 2.33. The number of nitrogens with zero attached hydrogens (tertiary/aromatic N) is 1. The fourth-order valence-corrected chi connectivity index (χ4v) is 5.26. The van der Waals surface area contributed by atoms with Gasteiger partial charge in [0, 0.05) is 29.6 Å². The maximum atomic E-state index is 13.7. The van der Waals surface area contributed by atoms with Crippen LogP contribution in [0, 0.1) is 5.82 Å². The minimum absolute atomic E-state index is 0.0358. The van der Waals surface area contributed by atoms with E-state index in [1.54, 1.807) is 30.3 Å². The largest absolute Gasteiger partial charge is 0.388 e. The molecule has 3 aromatic rings. The Bertz CT molecular complexity index is 1130. The third-order valence-electron chi connectivity index (χ3n) is 4.76. The summed E-state index contributed by atoms with van der Waals surface area (Å²) in [5.74, 6) is -0.787. The Kier molecular flexibility index (Phi) is 3.93. The molecule has 0 unspecified atom stereocenters. The molecule has 0 saturated heterocycles. The molecule has 0 bridgehead atoms. The Balaban J connectivity index is 1.82. The second kappa shape index (κ2) is 6.03. The van der Waals surface area contributed by atoms with Gasteiger partial charge in [-0.1, -0.05) is 24.3 Å². The number of aliphatic hydroxyl groups excluding tert-OH is 1. The van der Waals surface area contributed by atoms with Crippen molar-refractivity contribution < 1.29 is 22.7 Å². The standard InChI is InChI=1S/C19H16FNO4S/c20-14-5-6-16-15(9-14)19-17(7-8-26(19,24)25)21(16)10-12-1-3-13(4-2-12)18(23)11-22/h1-6,9,22H,7-8,10-11H2. The van der Waals surface area contributed by atoms with E-state index in [1.807, 2.05) is 4.57 Å². The topological polar surface area (TPSA) is 76.4 Å². The SMILES string of the molecule is O=C(CO)c1ccc(Cn2c3c(c4cc(F)ccc42)S(=O)(=O)CC3)cc1. The Morgan fingerprint density at radius 3 is 2.58 bits per heavy atom. The number of carbonyl (C=O) groups is 1. The number of aromatic nitrogens is 1. The van der Waals surface area contributed by atoms with Crippen molar-refractivity contribution in [3.63, 3.8) is 0 Å². The van der Waals surface area contributed by atoms with Gasteiger partial charge in [-0.2, -0.15) is 0 Å². The lowest BCUT2D eigenvalue weighted by atomic mass is 10.1. The highest BCUT2D eigenvalue weighted by molar-refractivity contribution is 7.92. The zero-order valence-electron chi connectivity index (χ0n) is 13.8. The second-order valence-corrected chi connectivity index (χ2v) is 8.42. The Labute approximate surface area is 149 Å². The summed E-state index contributed by atoms with van der Waals surface area (Å²) in [6.07, 6.45) is 0.398. The molecule has 0 saturated carbocycles. The third-order valence-corrected chi connectivity index (χ3v) is 6.58. The molecule has 134 valence electrons. The van der Waals surface area contributed by atoms with Crippen LogP contribution in [-0.4, -0.2) is 36.2 Å². The molecular formula is C19H16FNO4S. The molecule has 1 aromatic heterocycles. The molecule has 1 N–H and O–H groups in total. The van der Waals surface area contributed by atoms with Gasteiger partial charge in [0.25, 0.3) is 0 Å². The van der Waals surface area contributed by atoms with Gasteiger partial charge in [-0.05, 0) is 23.8 Å². The number of halogens is 1. The highest BCUT2D eigenvalue weighted by atomic mass is 32.2. The molecular weight excluding hydrogens is 357 g/mol. The first-order valence-corrected chi connectivity index (χ1v) is 9.82. The molecule has 4 rings (SSSR count). The number of hydrogen-bond acceptors (Lipinski definition) is 4. The molecule has 0 fully saturated rings. The summed E-state index contributed by atoms with van der Waals surface area (Å²) in [6, 6.07) is 11.0. The molecule has 0 atom stereocenters.